The van der Waals surface area contributed by atoms with Crippen LogP contribution < -0.4 is 0 Å². The van der Waals surface area contributed by atoms with E-state index < -0.39 is 0 Å². The monoisotopic (exact) mass is 1600 g/mol. The molecule has 0 aliphatic carbocycles. The molecule has 28 aromatic rings. The second-order valence-electron chi connectivity index (χ2n) is 32.4. The van der Waals surface area contributed by atoms with Crippen LogP contribution in [0.5, 0.6) is 0 Å². The minimum atomic E-state index is 1.31. The van der Waals surface area contributed by atoms with Crippen molar-refractivity contribution in [1.29, 1.82) is 0 Å². The molecule has 0 fully saturated rings. The summed E-state index contributed by atoms with van der Waals surface area (Å²) < 4.78 is 0. The van der Waals surface area contributed by atoms with Gasteiger partial charge in [-0.1, -0.05) is 497 Å². The SMILES string of the molecule is c1cc2ccc3cccc4ccc(c1)c2c34.c1ccc2c(c1)c1ccccc1c1ccccc21.c1ccc2c(c1)ccc1c3ccccc3ccc21.c1ccc2c(c1)ccc1ccc3ccccc3c12.c1ccc2c(c1)ccc1ccccc12.c1ccc2cc3c(ccc4ccccc43)cc2c1.c1ccc2cc3ccccc3cc2c1.c1ccc2ccccc2c1. The van der Waals surface area contributed by atoms with Crippen molar-refractivity contribution in [1.82, 2.24) is 0 Å². The largest absolute Gasteiger partial charge is 0.0616 e. The second-order valence-corrected chi connectivity index (χ2v) is 32.4. The molecule has 0 bridgehead atoms. The summed E-state index contributed by atoms with van der Waals surface area (Å²) in [5.41, 5.74) is 0. The lowest BCUT2D eigenvalue weighted by Crippen LogP contribution is -1.82. The van der Waals surface area contributed by atoms with Crippen LogP contribution in [0.3, 0.4) is 0 Å². The fraction of sp³-hybridized carbons (Fsp3) is 0. The van der Waals surface area contributed by atoms with Gasteiger partial charge in [0.25, 0.3) is 0 Å². The third-order valence-electron chi connectivity index (χ3n) is 24.9. The Morgan fingerprint density at radius 3 is 0.492 bits per heavy atom. The Labute approximate surface area is 731 Å². The summed E-state index contributed by atoms with van der Waals surface area (Å²) in [5, 5.41) is 53.2. The highest BCUT2D eigenvalue weighted by molar-refractivity contribution is 6.27. The number of benzene rings is 28. The summed E-state index contributed by atoms with van der Waals surface area (Å²) in [6, 6.07) is 185. The van der Waals surface area contributed by atoms with Crippen LogP contribution in [0.2, 0.25) is 0 Å². The van der Waals surface area contributed by atoms with Crippen LogP contribution in [0.4, 0.5) is 0 Å². The average molecular weight is 1600 g/mol. The molecule has 0 aliphatic rings. The fourth-order valence-corrected chi connectivity index (χ4v) is 18.7. The summed E-state index contributed by atoms with van der Waals surface area (Å²) in [7, 11) is 0. The lowest BCUT2D eigenvalue weighted by Gasteiger charge is -2.09. The molecule has 0 unspecified atom stereocenters. The van der Waals surface area contributed by atoms with Gasteiger partial charge in [0.2, 0.25) is 0 Å². The van der Waals surface area contributed by atoms with Crippen molar-refractivity contribution in [2.24, 2.45) is 0 Å². The van der Waals surface area contributed by atoms with E-state index >= 15 is 0 Å². The van der Waals surface area contributed by atoms with Gasteiger partial charge < -0.3 is 0 Å². The predicted octanol–water partition coefficient (Wildman–Crippen LogP) is 36.0. The van der Waals surface area contributed by atoms with Gasteiger partial charge in [-0.2, -0.15) is 0 Å². The molecule has 0 saturated heterocycles. The van der Waals surface area contributed by atoms with E-state index in [1.165, 1.54) is 215 Å². The molecule has 0 amide bonds. The van der Waals surface area contributed by atoms with Crippen LogP contribution in [0, 0.1) is 0 Å². The summed E-state index contributed by atoms with van der Waals surface area (Å²) in [4.78, 5) is 0. The quantitative estimate of drug-likeness (QED) is 0.105. The summed E-state index contributed by atoms with van der Waals surface area (Å²) in [6.07, 6.45) is 0. The highest BCUT2D eigenvalue weighted by Crippen LogP contribution is 2.39. The van der Waals surface area contributed by atoms with Gasteiger partial charge >= 0.3 is 0 Å². The van der Waals surface area contributed by atoms with Crippen molar-refractivity contribution >= 4 is 215 Å². The van der Waals surface area contributed by atoms with E-state index in [9.17, 15) is 0 Å². The Hall–Kier alpha value is -16.4. The maximum atomic E-state index is 2.30. The second kappa shape index (κ2) is 35.0. The van der Waals surface area contributed by atoms with Crippen LogP contribution >= 0.6 is 0 Å². The molecule has 0 spiro atoms. The van der Waals surface area contributed by atoms with Gasteiger partial charge in [-0.05, 0) is 240 Å². The molecule has 0 aromatic heterocycles. The molecule has 28 aromatic carbocycles. The summed E-state index contributed by atoms with van der Waals surface area (Å²) >= 11 is 0. The summed E-state index contributed by atoms with van der Waals surface area (Å²) in [5.74, 6) is 0. The Morgan fingerprint density at radius 1 is 0.0635 bits per heavy atom. The topological polar surface area (TPSA) is 0 Å². The normalized spacial score (nSPS) is 11.2. The van der Waals surface area contributed by atoms with E-state index in [0.717, 1.165) is 0 Å². The first-order valence-corrected chi connectivity index (χ1v) is 43.5. The van der Waals surface area contributed by atoms with Crippen molar-refractivity contribution in [3.63, 3.8) is 0 Å². The van der Waals surface area contributed by atoms with E-state index in [0.29, 0.717) is 0 Å². The Kier molecular flexibility index (Phi) is 21.4. The minimum Gasteiger partial charge on any atom is -0.0616 e. The van der Waals surface area contributed by atoms with Gasteiger partial charge in [0.05, 0.1) is 0 Å². The standard InChI is InChI=1S/4C18H12.C16H10.2C14H10.C10H8/c1-3-7-16-13(5-1)9-11-15-12-10-14-6-2-4-8-17(14)18(15)16;1-3-7-15-13(5-1)9-11-18-16-8-4-2-6-14(16)10-12-17(15)18;1-2-8-14-13(7-1)15-9-3-4-11-17(15)18-12-6-5-10-16(14)18;1-2-7-15-12-18-16(11-14(15)6-1)10-9-13-5-3-4-8-17(13)18;1-3-11-7-9-13-5-2-6-14-10-8-12(4-1)15(11)16(13)14;1-3-7-13-11(5-1)9-10-12-6-2-4-8-14(12)13;1-2-6-12-10-14-8-4-3-7-13(14)9-11(12)5-1;1-2-6-10-8-4-3-7-9(10)5-1/h4*1-12H;1-10H;2*1-10H;1-8H. The van der Waals surface area contributed by atoms with Gasteiger partial charge in [-0.3, -0.25) is 0 Å². The molecule has 28 rings (SSSR count). The number of hydrogen-bond acceptors (Lipinski definition) is 0. The van der Waals surface area contributed by atoms with Crippen molar-refractivity contribution in [3.8, 4) is 0 Å². The zero-order chi connectivity index (χ0) is 83.9. The van der Waals surface area contributed by atoms with Crippen molar-refractivity contribution in [2.45, 2.75) is 0 Å². The van der Waals surface area contributed by atoms with Gasteiger partial charge in [0.15, 0.2) is 0 Å². The van der Waals surface area contributed by atoms with Crippen LogP contribution in [0.25, 0.3) is 215 Å². The third-order valence-corrected chi connectivity index (χ3v) is 24.9. The van der Waals surface area contributed by atoms with Crippen LogP contribution in [-0.4, -0.2) is 0 Å². The van der Waals surface area contributed by atoms with E-state index in [1.54, 1.807) is 0 Å². The number of hydrogen-bond donors (Lipinski definition) is 0. The highest BCUT2D eigenvalue weighted by atomic mass is 14.2. The Morgan fingerprint density at radius 2 is 0.214 bits per heavy atom. The van der Waals surface area contributed by atoms with Gasteiger partial charge in [-0.15, -0.1) is 0 Å². The molecule has 0 radical (unpaired) electrons. The Bertz CT molecular complexity index is 8040. The van der Waals surface area contributed by atoms with Crippen LogP contribution in [0.15, 0.2) is 522 Å². The van der Waals surface area contributed by atoms with Gasteiger partial charge in [0, 0.05) is 0 Å². The maximum Gasteiger partial charge on any atom is -0.00268 e. The molecule has 0 nitrogen and oxygen atoms in total. The molecule has 0 saturated carbocycles. The van der Waals surface area contributed by atoms with Crippen molar-refractivity contribution in [3.05, 3.63) is 522 Å². The van der Waals surface area contributed by atoms with E-state index in [1.807, 2.05) is 0 Å². The highest BCUT2D eigenvalue weighted by Gasteiger charge is 2.12. The predicted molar refractivity (Wildman–Crippen MR) is 553 cm³/mol. The van der Waals surface area contributed by atoms with Crippen LogP contribution in [-0.2, 0) is 0 Å². The molecule has 0 heterocycles. The molecule has 126 heavy (non-hydrogen) atoms. The van der Waals surface area contributed by atoms with Crippen molar-refractivity contribution < 1.29 is 0 Å². The first-order valence-electron chi connectivity index (χ1n) is 43.5. The lowest BCUT2D eigenvalue weighted by atomic mass is 9.95. The third kappa shape index (κ3) is 15.5. The molecule has 590 valence electrons. The molecule has 0 heteroatoms. The molecule has 0 aliphatic heterocycles. The molecular formula is C126H86. The summed E-state index contributed by atoms with van der Waals surface area (Å²) in [6.45, 7) is 0. The van der Waals surface area contributed by atoms with Crippen LogP contribution in [0.1, 0.15) is 0 Å². The zero-order valence-corrected chi connectivity index (χ0v) is 69.7. The minimum absolute atomic E-state index is 1.31. The van der Waals surface area contributed by atoms with E-state index in [2.05, 4.69) is 522 Å². The first-order chi connectivity index (χ1) is 62.5. The van der Waals surface area contributed by atoms with E-state index in [-0.39, 0.29) is 0 Å². The van der Waals surface area contributed by atoms with Gasteiger partial charge in [-0.25, -0.2) is 0 Å². The van der Waals surface area contributed by atoms with E-state index in [4.69, 9.17) is 0 Å². The first kappa shape index (κ1) is 77.0. The molecular weight excluding hydrogens is 1510 g/mol. The Balaban J connectivity index is 0.0000000883. The number of rotatable bonds is 0. The average Bonchev–Trinajstić information content (AvgIpc) is 0.823. The number of fused-ring (bicyclic) bond motifs is 26. The maximum absolute atomic E-state index is 2.30. The fourth-order valence-electron chi connectivity index (χ4n) is 18.7. The smallest absolute Gasteiger partial charge is 0.00268 e. The zero-order valence-electron chi connectivity index (χ0n) is 69.7. The van der Waals surface area contributed by atoms with Crippen molar-refractivity contribution in [2.75, 3.05) is 0 Å². The van der Waals surface area contributed by atoms with Gasteiger partial charge in [0.1, 0.15) is 0 Å². The lowest BCUT2D eigenvalue weighted by molar-refractivity contribution is 1.75. The molecule has 0 N–H and O–H groups in total. The molecule has 0 atom stereocenters.